The third-order valence-electron chi connectivity index (χ3n) is 4.99. The van der Waals surface area contributed by atoms with Gasteiger partial charge in [0, 0.05) is 35.3 Å². The Labute approximate surface area is 163 Å². The molecule has 5 heteroatoms. The quantitative estimate of drug-likeness (QED) is 0.586. The number of amides is 1. The lowest BCUT2D eigenvalue weighted by Gasteiger charge is -2.26. The zero-order valence-electron chi connectivity index (χ0n) is 15.2. The number of nitrogens with zero attached hydrogens (tertiary/aromatic N) is 1. The summed E-state index contributed by atoms with van der Waals surface area (Å²) in [7, 11) is 0. The van der Waals surface area contributed by atoms with Crippen LogP contribution < -0.4 is 10.2 Å². The molecular weight excluding hydrogens is 353 g/mol. The summed E-state index contributed by atoms with van der Waals surface area (Å²) in [6, 6.07) is 21.7. The summed E-state index contributed by atoms with van der Waals surface area (Å²) in [5.41, 5.74) is 4.01. The van der Waals surface area contributed by atoms with Gasteiger partial charge in [0.15, 0.2) is 0 Å². The summed E-state index contributed by atoms with van der Waals surface area (Å²) >= 11 is 0. The molecule has 28 heavy (non-hydrogen) atoms. The van der Waals surface area contributed by atoms with Gasteiger partial charge >= 0.3 is 0 Å². The fourth-order valence-electron chi connectivity index (χ4n) is 3.62. The van der Waals surface area contributed by atoms with Gasteiger partial charge in [-0.3, -0.25) is 4.79 Å². The predicted octanol–water partition coefficient (Wildman–Crippen LogP) is 5.44. The number of carbonyl (C=O) groups is 1. The van der Waals surface area contributed by atoms with Crippen LogP contribution in [0.1, 0.15) is 30.0 Å². The van der Waals surface area contributed by atoms with E-state index in [1.165, 1.54) is 18.3 Å². The van der Waals surface area contributed by atoms with Crippen LogP contribution in [0.25, 0.3) is 0 Å². The maximum absolute atomic E-state index is 13.1. The molecule has 1 atom stereocenters. The van der Waals surface area contributed by atoms with Crippen molar-refractivity contribution in [3.63, 3.8) is 0 Å². The van der Waals surface area contributed by atoms with E-state index in [1.807, 2.05) is 53.4 Å². The van der Waals surface area contributed by atoms with Gasteiger partial charge in [0.2, 0.25) is 5.91 Å². The van der Waals surface area contributed by atoms with E-state index < -0.39 is 0 Å². The summed E-state index contributed by atoms with van der Waals surface area (Å²) < 4.78 is 13.1. The molecular formula is C23H20FN3O. The molecule has 0 bridgehead atoms. The van der Waals surface area contributed by atoms with Crippen LogP contribution in [0.5, 0.6) is 0 Å². The molecule has 1 aliphatic heterocycles. The van der Waals surface area contributed by atoms with Gasteiger partial charge in [0.25, 0.3) is 0 Å². The molecule has 0 saturated carbocycles. The molecule has 3 aromatic carbocycles. The molecule has 4 nitrogen and oxygen atoms in total. The standard InChI is InChI=1S/C23H20FN3O/c24-18-6-8-19(9-7-18)26-21-11-10-20(14-17(21)15-25)27-22(12-13-23(27)28)16-4-2-1-3-5-16/h1-11,14-15,22,25-26H,12-13H2. The van der Waals surface area contributed by atoms with Crippen molar-refractivity contribution in [2.75, 3.05) is 10.2 Å². The normalized spacial score (nSPS) is 16.2. The Morgan fingerprint density at radius 3 is 2.50 bits per heavy atom. The Morgan fingerprint density at radius 2 is 1.79 bits per heavy atom. The van der Waals surface area contributed by atoms with Gasteiger partial charge in [-0.2, -0.15) is 0 Å². The largest absolute Gasteiger partial charge is 0.355 e. The van der Waals surface area contributed by atoms with Crippen LogP contribution in [0.4, 0.5) is 21.5 Å². The fraction of sp³-hybridized carbons (Fsp3) is 0.130. The summed E-state index contributed by atoms with van der Waals surface area (Å²) in [6.07, 6.45) is 2.54. The zero-order valence-corrected chi connectivity index (χ0v) is 15.2. The summed E-state index contributed by atoms with van der Waals surface area (Å²) in [5.74, 6) is -0.211. The molecule has 140 valence electrons. The minimum absolute atomic E-state index is 0.00296. The number of benzene rings is 3. The maximum Gasteiger partial charge on any atom is 0.227 e. The SMILES string of the molecule is N=Cc1cc(N2C(=O)CCC2c2ccccc2)ccc1Nc1ccc(F)cc1. The molecule has 1 fully saturated rings. The second kappa shape index (κ2) is 7.64. The number of hydrogen-bond donors (Lipinski definition) is 2. The van der Waals surface area contributed by atoms with Crippen LogP contribution in [0.15, 0.2) is 72.8 Å². The first-order valence-corrected chi connectivity index (χ1v) is 9.20. The average Bonchev–Trinajstić information content (AvgIpc) is 3.12. The minimum Gasteiger partial charge on any atom is -0.355 e. The smallest absolute Gasteiger partial charge is 0.227 e. The first-order valence-electron chi connectivity index (χ1n) is 9.20. The van der Waals surface area contributed by atoms with Crippen LogP contribution in [0, 0.1) is 11.2 Å². The first kappa shape index (κ1) is 17.9. The molecule has 0 radical (unpaired) electrons. The van der Waals surface area contributed by atoms with Gasteiger partial charge in [-0.15, -0.1) is 0 Å². The lowest BCUT2D eigenvalue weighted by atomic mass is 10.0. The van der Waals surface area contributed by atoms with E-state index in [-0.39, 0.29) is 17.8 Å². The van der Waals surface area contributed by atoms with E-state index in [4.69, 9.17) is 5.41 Å². The third-order valence-corrected chi connectivity index (χ3v) is 4.99. The van der Waals surface area contributed by atoms with E-state index in [0.29, 0.717) is 12.0 Å². The first-order chi connectivity index (χ1) is 13.7. The summed E-state index contributed by atoms with van der Waals surface area (Å²) in [6.45, 7) is 0. The predicted molar refractivity (Wildman–Crippen MR) is 110 cm³/mol. The Morgan fingerprint density at radius 1 is 1.04 bits per heavy atom. The van der Waals surface area contributed by atoms with Gasteiger partial charge < -0.3 is 15.6 Å². The highest BCUT2D eigenvalue weighted by Gasteiger charge is 2.33. The van der Waals surface area contributed by atoms with Gasteiger partial charge in [-0.25, -0.2) is 4.39 Å². The van der Waals surface area contributed by atoms with Crippen molar-refractivity contribution >= 4 is 29.2 Å². The van der Waals surface area contributed by atoms with Crippen LogP contribution in [0.3, 0.4) is 0 Å². The van der Waals surface area contributed by atoms with E-state index in [9.17, 15) is 9.18 Å². The third kappa shape index (κ3) is 3.51. The molecule has 4 rings (SSSR count). The number of halogens is 1. The van der Waals surface area contributed by atoms with Crippen molar-refractivity contribution < 1.29 is 9.18 Å². The zero-order chi connectivity index (χ0) is 19.5. The Balaban J connectivity index is 1.65. The van der Waals surface area contributed by atoms with Crippen molar-refractivity contribution in [3.05, 3.63) is 89.7 Å². The average molecular weight is 373 g/mol. The van der Waals surface area contributed by atoms with E-state index in [2.05, 4.69) is 5.32 Å². The summed E-state index contributed by atoms with van der Waals surface area (Å²) in [5, 5.41) is 11.0. The number of anilines is 3. The van der Waals surface area contributed by atoms with Crippen LogP contribution in [0.2, 0.25) is 0 Å². The van der Waals surface area contributed by atoms with E-state index in [0.717, 1.165) is 29.0 Å². The molecule has 1 unspecified atom stereocenters. The number of nitrogens with one attached hydrogen (secondary N) is 2. The molecule has 1 saturated heterocycles. The van der Waals surface area contributed by atoms with Crippen LogP contribution >= 0.6 is 0 Å². The lowest BCUT2D eigenvalue weighted by molar-refractivity contribution is -0.117. The molecule has 2 N–H and O–H groups in total. The highest BCUT2D eigenvalue weighted by Crippen LogP contribution is 2.38. The Hall–Kier alpha value is -3.47. The second-order valence-electron chi connectivity index (χ2n) is 6.78. The molecule has 3 aromatic rings. The van der Waals surface area contributed by atoms with Gasteiger partial charge in [-0.1, -0.05) is 30.3 Å². The van der Waals surface area contributed by atoms with Crippen molar-refractivity contribution in [3.8, 4) is 0 Å². The van der Waals surface area contributed by atoms with Crippen LogP contribution in [-0.2, 0) is 4.79 Å². The van der Waals surface area contributed by atoms with Gasteiger partial charge in [0.05, 0.1) is 6.04 Å². The molecule has 1 amide bonds. The highest BCUT2D eigenvalue weighted by atomic mass is 19.1. The number of hydrogen-bond acceptors (Lipinski definition) is 3. The topological polar surface area (TPSA) is 56.2 Å². The minimum atomic E-state index is -0.298. The summed E-state index contributed by atoms with van der Waals surface area (Å²) in [4.78, 5) is 14.4. The number of rotatable bonds is 5. The molecule has 0 spiro atoms. The molecule has 1 aliphatic rings. The maximum atomic E-state index is 13.1. The van der Waals surface area contributed by atoms with Crippen LogP contribution in [-0.4, -0.2) is 12.1 Å². The van der Waals surface area contributed by atoms with Crippen molar-refractivity contribution in [1.82, 2.24) is 0 Å². The van der Waals surface area contributed by atoms with Crippen molar-refractivity contribution in [1.29, 1.82) is 5.41 Å². The number of carbonyl (C=O) groups excluding carboxylic acids is 1. The highest BCUT2D eigenvalue weighted by molar-refractivity contribution is 5.98. The Kier molecular flexibility index (Phi) is 4.89. The fourth-order valence-corrected chi connectivity index (χ4v) is 3.62. The lowest BCUT2D eigenvalue weighted by Crippen LogP contribution is -2.27. The molecule has 0 aromatic heterocycles. The monoisotopic (exact) mass is 373 g/mol. The second-order valence-corrected chi connectivity index (χ2v) is 6.78. The van der Waals surface area contributed by atoms with E-state index >= 15 is 0 Å². The molecule has 1 heterocycles. The van der Waals surface area contributed by atoms with Gasteiger partial charge in [-0.05, 0) is 54.4 Å². The molecule has 0 aliphatic carbocycles. The Bertz CT molecular complexity index is 1000. The van der Waals surface area contributed by atoms with Crippen molar-refractivity contribution in [2.24, 2.45) is 0 Å². The van der Waals surface area contributed by atoms with E-state index in [1.54, 1.807) is 12.1 Å². The van der Waals surface area contributed by atoms with Crippen molar-refractivity contribution in [2.45, 2.75) is 18.9 Å². The van der Waals surface area contributed by atoms with Gasteiger partial charge in [0.1, 0.15) is 5.82 Å².